The van der Waals surface area contributed by atoms with Crippen molar-refractivity contribution in [2.75, 3.05) is 26.3 Å². The second kappa shape index (κ2) is 6.57. The molecule has 0 aromatic carbocycles. The van der Waals surface area contributed by atoms with Crippen molar-refractivity contribution in [1.82, 2.24) is 9.80 Å². The summed E-state index contributed by atoms with van der Waals surface area (Å²) in [5.41, 5.74) is 0. The summed E-state index contributed by atoms with van der Waals surface area (Å²) < 4.78 is 5.55. The summed E-state index contributed by atoms with van der Waals surface area (Å²) in [6.07, 6.45) is 2.85. The van der Waals surface area contributed by atoms with Crippen molar-refractivity contribution in [3.8, 4) is 0 Å². The molecule has 2 saturated heterocycles. The Balaban J connectivity index is 1.94. The van der Waals surface area contributed by atoms with Crippen LogP contribution in [0.4, 0.5) is 0 Å². The molecule has 2 fully saturated rings. The van der Waals surface area contributed by atoms with Gasteiger partial charge in [0.1, 0.15) is 12.1 Å². The van der Waals surface area contributed by atoms with E-state index >= 15 is 0 Å². The van der Waals surface area contributed by atoms with Gasteiger partial charge in [-0.1, -0.05) is 13.8 Å². The van der Waals surface area contributed by atoms with Crippen molar-refractivity contribution in [3.05, 3.63) is 0 Å². The second-order valence-electron chi connectivity index (χ2n) is 6.22. The first-order valence-corrected chi connectivity index (χ1v) is 7.71. The molecule has 2 unspecified atom stereocenters. The van der Waals surface area contributed by atoms with E-state index in [1.165, 1.54) is 0 Å². The van der Waals surface area contributed by atoms with Crippen LogP contribution in [0, 0.1) is 5.92 Å². The van der Waals surface area contributed by atoms with Crippen molar-refractivity contribution in [2.24, 2.45) is 5.92 Å². The smallest absolute Gasteiger partial charge is 0.246 e. The summed E-state index contributed by atoms with van der Waals surface area (Å²) in [4.78, 5) is 28.4. The zero-order valence-electron chi connectivity index (χ0n) is 12.8. The van der Waals surface area contributed by atoms with E-state index in [4.69, 9.17) is 4.74 Å². The molecule has 2 aliphatic rings. The van der Waals surface area contributed by atoms with Crippen LogP contribution in [-0.2, 0) is 14.3 Å². The lowest BCUT2D eigenvalue weighted by atomic mass is 9.96. The Hall–Kier alpha value is -1.10. The number of fused-ring (bicyclic) bond motifs is 1. The summed E-state index contributed by atoms with van der Waals surface area (Å²) >= 11 is 0. The summed E-state index contributed by atoms with van der Waals surface area (Å²) in [6, 6.07) is -0.572. The van der Waals surface area contributed by atoms with Crippen LogP contribution in [0.1, 0.15) is 40.0 Å². The summed E-state index contributed by atoms with van der Waals surface area (Å²) in [5.74, 6) is 0.683. The van der Waals surface area contributed by atoms with E-state index in [-0.39, 0.29) is 23.9 Å². The van der Waals surface area contributed by atoms with E-state index in [0.717, 1.165) is 25.8 Å². The number of carbonyl (C=O) groups is 2. The molecule has 0 N–H and O–H groups in total. The molecule has 2 atom stereocenters. The van der Waals surface area contributed by atoms with Crippen molar-refractivity contribution in [1.29, 1.82) is 0 Å². The van der Waals surface area contributed by atoms with Gasteiger partial charge in [0.2, 0.25) is 11.8 Å². The quantitative estimate of drug-likeness (QED) is 0.714. The predicted molar refractivity (Wildman–Crippen MR) is 76.2 cm³/mol. The largest absolute Gasteiger partial charge is 0.379 e. The topological polar surface area (TPSA) is 49.9 Å². The average molecular weight is 282 g/mol. The Morgan fingerprint density at radius 2 is 2.00 bits per heavy atom. The monoisotopic (exact) mass is 282 g/mol. The first kappa shape index (κ1) is 15.3. The highest BCUT2D eigenvalue weighted by Crippen LogP contribution is 2.25. The molecule has 114 valence electrons. The molecular weight excluding hydrogens is 256 g/mol. The van der Waals surface area contributed by atoms with Gasteiger partial charge in [-0.25, -0.2) is 0 Å². The van der Waals surface area contributed by atoms with Gasteiger partial charge < -0.3 is 14.5 Å². The SMILES string of the molecule is CC(C)COCCN1C(=O)C2CCCCN2C(=O)C1C. The zero-order chi connectivity index (χ0) is 14.7. The average Bonchev–Trinajstić information content (AvgIpc) is 2.44. The van der Waals surface area contributed by atoms with Gasteiger partial charge in [0.15, 0.2) is 0 Å². The number of hydrogen-bond acceptors (Lipinski definition) is 3. The Kier molecular flexibility index (Phi) is 5.02. The van der Waals surface area contributed by atoms with Gasteiger partial charge in [-0.2, -0.15) is 0 Å². The van der Waals surface area contributed by atoms with Crippen LogP contribution >= 0.6 is 0 Å². The lowest BCUT2D eigenvalue weighted by Gasteiger charge is -2.46. The fourth-order valence-corrected chi connectivity index (χ4v) is 2.99. The third-order valence-corrected chi connectivity index (χ3v) is 4.11. The van der Waals surface area contributed by atoms with Gasteiger partial charge in [0.05, 0.1) is 6.61 Å². The summed E-state index contributed by atoms with van der Waals surface area (Å²) in [6.45, 7) is 8.47. The maximum atomic E-state index is 12.5. The molecule has 2 rings (SSSR count). The van der Waals surface area contributed by atoms with E-state index < -0.39 is 0 Å². The van der Waals surface area contributed by atoms with Gasteiger partial charge in [-0.3, -0.25) is 9.59 Å². The second-order valence-corrected chi connectivity index (χ2v) is 6.22. The molecule has 5 heteroatoms. The summed E-state index contributed by atoms with van der Waals surface area (Å²) in [7, 11) is 0. The first-order valence-electron chi connectivity index (χ1n) is 7.71. The Bertz CT molecular complexity index is 370. The highest BCUT2D eigenvalue weighted by Gasteiger charge is 2.44. The molecule has 5 nitrogen and oxygen atoms in total. The van der Waals surface area contributed by atoms with Crippen molar-refractivity contribution >= 4 is 11.8 Å². The molecule has 0 bridgehead atoms. The van der Waals surface area contributed by atoms with Crippen molar-refractivity contribution in [2.45, 2.75) is 52.1 Å². The molecule has 0 radical (unpaired) electrons. The molecule has 2 aliphatic heterocycles. The number of carbonyl (C=O) groups excluding carboxylic acids is 2. The molecule has 0 aromatic rings. The van der Waals surface area contributed by atoms with Gasteiger partial charge in [0.25, 0.3) is 0 Å². The van der Waals surface area contributed by atoms with E-state index in [1.54, 1.807) is 9.80 Å². The lowest BCUT2D eigenvalue weighted by Crippen LogP contribution is -2.65. The molecule has 20 heavy (non-hydrogen) atoms. The highest BCUT2D eigenvalue weighted by atomic mass is 16.5. The summed E-state index contributed by atoms with van der Waals surface area (Å²) in [5, 5.41) is 0. The molecule has 2 heterocycles. The van der Waals surface area contributed by atoms with E-state index in [0.29, 0.717) is 25.7 Å². The van der Waals surface area contributed by atoms with Gasteiger partial charge >= 0.3 is 0 Å². The number of nitrogens with zero attached hydrogens (tertiary/aromatic N) is 2. The molecule has 0 saturated carbocycles. The van der Waals surface area contributed by atoms with Crippen LogP contribution in [0.25, 0.3) is 0 Å². The molecule has 0 aromatic heterocycles. The van der Waals surface area contributed by atoms with E-state index in [9.17, 15) is 9.59 Å². The first-order chi connectivity index (χ1) is 9.52. The lowest BCUT2D eigenvalue weighted by molar-refractivity contribution is -0.163. The standard InChI is InChI=1S/C15H26N2O3/c1-11(2)10-20-9-8-16-12(3)14(18)17-7-5-4-6-13(17)15(16)19/h11-13H,4-10H2,1-3H3. The molecule has 2 amide bonds. The Morgan fingerprint density at radius 3 is 2.70 bits per heavy atom. The maximum Gasteiger partial charge on any atom is 0.246 e. The molecule has 0 aliphatic carbocycles. The number of rotatable bonds is 5. The van der Waals surface area contributed by atoms with Gasteiger partial charge in [-0.05, 0) is 32.1 Å². The third-order valence-electron chi connectivity index (χ3n) is 4.11. The zero-order valence-corrected chi connectivity index (χ0v) is 12.8. The minimum Gasteiger partial charge on any atom is -0.379 e. The van der Waals surface area contributed by atoms with Crippen LogP contribution < -0.4 is 0 Å². The van der Waals surface area contributed by atoms with Crippen LogP contribution in [0.5, 0.6) is 0 Å². The predicted octanol–water partition coefficient (Wildman–Crippen LogP) is 1.27. The highest BCUT2D eigenvalue weighted by molar-refractivity contribution is 5.96. The number of amides is 2. The van der Waals surface area contributed by atoms with Gasteiger partial charge in [0, 0.05) is 19.7 Å². The fourth-order valence-electron chi connectivity index (χ4n) is 2.99. The van der Waals surface area contributed by atoms with Gasteiger partial charge in [-0.15, -0.1) is 0 Å². The van der Waals surface area contributed by atoms with Crippen molar-refractivity contribution in [3.63, 3.8) is 0 Å². The number of piperazine rings is 1. The number of ether oxygens (including phenoxy) is 1. The normalized spacial score (nSPS) is 27.2. The Labute approximate surface area is 121 Å². The number of hydrogen-bond donors (Lipinski definition) is 0. The van der Waals surface area contributed by atoms with E-state index in [1.807, 2.05) is 6.92 Å². The fraction of sp³-hybridized carbons (Fsp3) is 0.867. The minimum absolute atomic E-state index is 0.0955. The van der Waals surface area contributed by atoms with Crippen LogP contribution in [0.15, 0.2) is 0 Å². The third kappa shape index (κ3) is 3.14. The Morgan fingerprint density at radius 1 is 1.25 bits per heavy atom. The van der Waals surface area contributed by atoms with Crippen molar-refractivity contribution < 1.29 is 14.3 Å². The van der Waals surface area contributed by atoms with Crippen LogP contribution in [-0.4, -0.2) is 60.0 Å². The van der Waals surface area contributed by atoms with Crippen LogP contribution in [0.2, 0.25) is 0 Å². The molecular formula is C15H26N2O3. The number of piperidine rings is 1. The maximum absolute atomic E-state index is 12.5. The van der Waals surface area contributed by atoms with Crippen LogP contribution in [0.3, 0.4) is 0 Å². The minimum atomic E-state index is -0.348. The molecule has 0 spiro atoms. The van der Waals surface area contributed by atoms with E-state index in [2.05, 4.69) is 13.8 Å².